The van der Waals surface area contributed by atoms with Crippen molar-refractivity contribution in [2.75, 3.05) is 24.3 Å². The van der Waals surface area contributed by atoms with Crippen molar-refractivity contribution in [2.45, 2.75) is 30.4 Å². The third-order valence-corrected chi connectivity index (χ3v) is 6.08. The van der Waals surface area contributed by atoms with Crippen molar-refractivity contribution in [1.82, 2.24) is 14.5 Å². The van der Waals surface area contributed by atoms with Crippen LogP contribution < -0.4 is 5.32 Å². The molecule has 1 fully saturated rings. The van der Waals surface area contributed by atoms with Crippen molar-refractivity contribution in [3.05, 3.63) is 0 Å². The van der Waals surface area contributed by atoms with Crippen LogP contribution in [-0.2, 0) is 19.6 Å². The summed E-state index contributed by atoms with van der Waals surface area (Å²) >= 11 is 6.56. The van der Waals surface area contributed by atoms with Crippen molar-refractivity contribution in [3.8, 4) is 0 Å². The summed E-state index contributed by atoms with van der Waals surface area (Å²) < 4.78 is 31.7. The number of aromatic nitrogens is 2. The number of halogens is 1. The molecule has 0 saturated carbocycles. The van der Waals surface area contributed by atoms with E-state index in [4.69, 9.17) is 16.3 Å². The number of carbonyl (C=O) groups excluding carboxylic acids is 1. The largest absolute Gasteiger partial charge is 0.371 e. The van der Waals surface area contributed by atoms with Gasteiger partial charge in [-0.1, -0.05) is 11.3 Å². The summed E-state index contributed by atoms with van der Waals surface area (Å²) in [5, 5.41) is 9.85. The molecule has 11 heteroatoms. The molecule has 0 radical (unpaired) electrons. The highest BCUT2D eigenvalue weighted by molar-refractivity contribution is 7.91. The first-order valence-electron chi connectivity index (χ1n) is 6.15. The fourth-order valence-electron chi connectivity index (χ4n) is 1.91. The van der Waals surface area contributed by atoms with Gasteiger partial charge in [0.2, 0.25) is 15.4 Å². The van der Waals surface area contributed by atoms with E-state index in [1.807, 2.05) is 0 Å². The Morgan fingerprint density at radius 3 is 2.86 bits per heavy atom. The van der Waals surface area contributed by atoms with Crippen LogP contribution in [0.5, 0.6) is 0 Å². The number of anilines is 1. The van der Waals surface area contributed by atoms with Crippen molar-refractivity contribution >= 4 is 44.0 Å². The van der Waals surface area contributed by atoms with E-state index in [0.717, 1.165) is 11.3 Å². The molecule has 21 heavy (non-hydrogen) atoms. The molecule has 118 valence electrons. The number of ether oxygens (including phenoxy) is 1. The summed E-state index contributed by atoms with van der Waals surface area (Å²) in [5.74, 6) is -0.124. The van der Waals surface area contributed by atoms with Gasteiger partial charge in [0.15, 0.2) is 0 Å². The standard InChI is InChI=1S/C10H15ClN4O4S2/c1-6-4-15(5-8(3-11)19-6)21(17,18)10-14-13-9(20-10)12-7(2)16/h6,8H,3-5H2,1-2H3,(H,12,13,16). The van der Waals surface area contributed by atoms with Crippen LogP contribution in [-0.4, -0.2) is 60.0 Å². The second kappa shape index (κ2) is 6.53. The fourth-order valence-corrected chi connectivity index (χ4v) is 4.71. The van der Waals surface area contributed by atoms with Crippen molar-refractivity contribution in [3.63, 3.8) is 0 Å². The minimum Gasteiger partial charge on any atom is -0.371 e. The van der Waals surface area contributed by atoms with E-state index >= 15 is 0 Å². The van der Waals surface area contributed by atoms with Gasteiger partial charge in [-0.3, -0.25) is 4.79 Å². The topological polar surface area (TPSA) is 101 Å². The molecule has 1 aromatic heterocycles. The van der Waals surface area contributed by atoms with Gasteiger partial charge in [0.1, 0.15) is 0 Å². The highest BCUT2D eigenvalue weighted by atomic mass is 35.5. The number of nitrogens with zero attached hydrogens (tertiary/aromatic N) is 3. The fraction of sp³-hybridized carbons (Fsp3) is 0.700. The van der Waals surface area contributed by atoms with Gasteiger partial charge in [0, 0.05) is 25.9 Å². The number of hydrogen-bond acceptors (Lipinski definition) is 7. The molecule has 1 saturated heterocycles. The van der Waals surface area contributed by atoms with Crippen LogP contribution in [0.25, 0.3) is 0 Å². The molecule has 1 amide bonds. The summed E-state index contributed by atoms with van der Waals surface area (Å²) in [5.41, 5.74) is 0. The lowest BCUT2D eigenvalue weighted by molar-refractivity contribution is -0.114. The van der Waals surface area contributed by atoms with Crippen LogP contribution in [0.4, 0.5) is 5.13 Å². The molecule has 1 aliphatic rings. The predicted octanol–water partition coefficient (Wildman–Crippen LogP) is 0.513. The molecule has 0 spiro atoms. The highest BCUT2D eigenvalue weighted by Crippen LogP contribution is 2.26. The van der Waals surface area contributed by atoms with Gasteiger partial charge in [-0.05, 0) is 6.92 Å². The van der Waals surface area contributed by atoms with Gasteiger partial charge in [-0.15, -0.1) is 21.8 Å². The zero-order valence-electron chi connectivity index (χ0n) is 11.4. The minimum absolute atomic E-state index is 0.149. The molecule has 2 atom stereocenters. The van der Waals surface area contributed by atoms with Crippen LogP contribution in [0.1, 0.15) is 13.8 Å². The zero-order chi connectivity index (χ0) is 15.6. The Bertz CT molecular complexity index is 620. The van der Waals surface area contributed by atoms with Crippen molar-refractivity contribution in [2.24, 2.45) is 0 Å². The summed E-state index contributed by atoms with van der Waals surface area (Å²) in [6.45, 7) is 3.49. The molecule has 2 unspecified atom stereocenters. The number of carbonyl (C=O) groups is 1. The van der Waals surface area contributed by atoms with Crippen LogP contribution in [0, 0.1) is 0 Å². The highest BCUT2D eigenvalue weighted by Gasteiger charge is 2.35. The average Bonchev–Trinajstić information content (AvgIpc) is 2.86. The van der Waals surface area contributed by atoms with Crippen LogP contribution in [0.15, 0.2) is 4.34 Å². The third-order valence-electron chi connectivity index (χ3n) is 2.71. The number of alkyl halides is 1. The molecule has 1 N–H and O–H groups in total. The first-order valence-corrected chi connectivity index (χ1v) is 8.94. The third kappa shape index (κ3) is 3.89. The van der Waals surface area contributed by atoms with E-state index < -0.39 is 10.0 Å². The molecular formula is C10H15ClN4O4S2. The van der Waals surface area contributed by atoms with Gasteiger partial charge in [-0.25, -0.2) is 8.42 Å². The van der Waals surface area contributed by atoms with Crippen LogP contribution in [0.3, 0.4) is 0 Å². The van der Waals surface area contributed by atoms with E-state index in [0.29, 0.717) is 0 Å². The Morgan fingerprint density at radius 2 is 2.24 bits per heavy atom. The molecule has 0 aliphatic carbocycles. The number of nitrogens with one attached hydrogen (secondary N) is 1. The summed E-state index contributed by atoms with van der Waals surface area (Å²) in [6.07, 6.45) is -0.604. The lowest BCUT2D eigenvalue weighted by Gasteiger charge is -2.34. The monoisotopic (exact) mass is 354 g/mol. The zero-order valence-corrected chi connectivity index (χ0v) is 13.8. The number of hydrogen-bond donors (Lipinski definition) is 1. The van der Waals surface area contributed by atoms with Gasteiger partial charge in [0.05, 0.1) is 12.2 Å². The predicted molar refractivity (Wildman–Crippen MR) is 78.0 cm³/mol. The maximum absolute atomic E-state index is 12.5. The Morgan fingerprint density at radius 1 is 1.52 bits per heavy atom. The maximum atomic E-state index is 12.5. The smallest absolute Gasteiger partial charge is 0.272 e. The maximum Gasteiger partial charge on any atom is 0.272 e. The van der Waals surface area contributed by atoms with E-state index in [-0.39, 0.29) is 46.6 Å². The molecular weight excluding hydrogens is 340 g/mol. The second-order valence-corrected chi connectivity index (χ2v) is 8.00. The number of amides is 1. The molecule has 2 heterocycles. The lowest BCUT2D eigenvalue weighted by Crippen LogP contribution is -2.49. The summed E-state index contributed by atoms with van der Waals surface area (Å²) in [7, 11) is -3.76. The lowest BCUT2D eigenvalue weighted by atomic mass is 10.3. The van der Waals surface area contributed by atoms with Gasteiger partial charge in [-0.2, -0.15) is 4.31 Å². The Hall–Kier alpha value is -0.810. The van der Waals surface area contributed by atoms with E-state index in [1.165, 1.54) is 11.2 Å². The van der Waals surface area contributed by atoms with Crippen molar-refractivity contribution in [1.29, 1.82) is 0 Å². The molecule has 2 rings (SSSR count). The Kier molecular flexibility index (Phi) is 5.15. The molecule has 1 aliphatic heterocycles. The van der Waals surface area contributed by atoms with E-state index in [9.17, 15) is 13.2 Å². The molecule has 0 aromatic carbocycles. The Balaban J connectivity index is 2.20. The quantitative estimate of drug-likeness (QED) is 0.624. The summed E-state index contributed by atoms with van der Waals surface area (Å²) in [6, 6.07) is 0. The first kappa shape index (κ1) is 16.6. The normalized spacial score (nSPS) is 24.0. The molecule has 1 aromatic rings. The number of morpholine rings is 1. The van der Waals surface area contributed by atoms with Gasteiger partial charge < -0.3 is 10.1 Å². The molecule has 0 bridgehead atoms. The second-order valence-electron chi connectivity index (χ2n) is 4.60. The van der Waals surface area contributed by atoms with Crippen LogP contribution in [0.2, 0.25) is 0 Å². The number of sulfonamides is 1. The van der Waals surface area contributed by atoms with Gasteiger partial charge >= 0.3 is 0 Å². The van der Waals surface area contributed by atoms with Crippen molar-refractivity contribution < 1.29 is 17.9 Å². The summed E-state index contributed by atoms with van der Waals surface area (Å²) in [4.78, 5) is 10.9. The van der Waals surface area contributed by atoms with Gasteiger partial charge in [0.25, 0.3) is 10.0 Å². The first-order chi connectivity index (χ1) is 9.82. The minimum atomic E-state index is -3.76. The number of rotatable bonds is 4. The van der Waals surface area contributed by atoms with Crippen LogP contribution >= 0.6 is 22.9 Å². The van der Waals surface area contributed by atoms with E-state index in [1.54, 1.807) is 6.92 Å². The Labute approximate surface area is 131 Å². The molecule has 8 nitrogen and oxygen atoms in total. The average molecular weight is 355 g/mol. The van der Waals surface area contributed by atoms with E-state index in [2.05, 4.69) is 15.5 Å². The SMILES string of the molecule is CC(=O)Nc1nnc(S(=O)(=O)N2CC(C)OC(CCl)C2)s1.